The monoisotopic (exact) mass is 571 g/mol. The molecule has 1 atom stereocenters. The molecule has 0 aliphatic heterocycles. The molecule has 39 heavy (non-hydrogen) atoms. The maximum atomic E-state index is 10.7. The third-order valence-corrected chi connectivity index (χ3v) is 8.19. The van der Waals surface area contributed by atoms with Crippen LogP contribution in [-0.2, 0) is 0 Å². The highest BCUT2D eigenvalue weighted by Crippen LogP contribution is 2.44. The lowest BCUT2D eigenvalue weighted by atomic mass is 9.93. The molecule has 1 N–H and O–H groups in total. The molecule has 1 aromatic heterocycles. The highest BCUT2D eigenvalue weighted by atomic mass is 79.9. The first-order valence-electron chi connectivity index (χ1n) is 13.2. The number of fused-ring (bicyclic) bond motifs is 3. The van der Waals surface area contributed by atoms with Crippen LogP contribution in [0.3, 0.4) is 0 Å². The summed E-state index contributed by atoms with van der Waals surface area (Å²) in [5, 5.41) is 12.8. The molecule has 1 heterocycles. The summed E-state index contributed by atoms with van der Waals surface area (Å²) in [7, 11) is 0. The number of hydrogen-bond acceptors (Lipinski definition) is 3. The van der Waals surface area contributed by atoms with E-state index in [1.165, 1.54) is 11.1 Å². The van der Waals surface area contributed by atoms with Crippen LogP contribution in [0.1, 0.15) is 12.8 Å². The van der Waals surface area contributed by atoms with E-state index in [9.17, 15) is 5.11 Å². The standard InChI is InChI=1S/C35H26BrNO2/c36-31-13-6-11-29-30-12-7-14-32(35(30)39-34(29)31)37(26-19-16-24(17-20-26)23-8-2-1-3-9-23)27-21-18-25(22-27)28-10-4-5-15-33(28)38/h1-14,16-21,33,38H,15,22H2. The van der Waals surface area contributed by atoms with Crippen molar-refractivity contribution in [3.8, 4) is 11.1 Å². The molecule has 2 aliphatic carbocycles. The third-order valence-electron chi connectivity index (χ3n) is 7.57. The van der Waals surface area contributed by atoms with Crippen LogP contribution >= 0.6 is 15.9 Å². The third kappa shape index (κ3) is 4.26. The lowest BCUT2D eigenvalue weighted by molar-refractivity contribution is 0.215. The van der Waals surface area contributed by atoms with E-state index in [2.05, 4.69) is 106 Å². The fourth-order valence-corrected chi connectivity index (χ4v) is 6.09. The molecular formula is C35H26BrNO2. The maximum absolute atomic E-state index is 10.7. The molecule has 1 unspecified atom stereocenters. The quantitative estimate of drug-likeness (QED) is 0.228. The van der Waals surface area contributed by atoms with Crippen molar-refractivity contribution in [2.75, 3.05) is 4.90 Å². The number of aliphatic hydroxyl groups is 1. The average molecular weight is 573 g/mol. The normalized spacial score (nSPS) is 16.9. The van der Waals surface area contributed by atoms with E-state index in [-0.39, 0.29) is 0 Å². The van der Waals surface area contributed by atoms with Crippen molar-refractivity contribution in [2.24, 2.45) is 0 Å². The number of halogens is 1. The Hall–Kier alpha value is -4.12. The second-order valence-electron chi connectivity index (χ2n) is 9.95. The number of anilines is 2. The minimum atomic E-state index is -0.469. The Bertz CT molecular complexity index is 1820. The van der Waals surface area contributed by atoms with Crippen LogP contribution in [0.25, 0.3) is 33.1 Å². The summed E-state index contributed by atoms with van der Waals surface area (Å²) < 4.78 is 7.48. The topological polar surface area (TPSA) is 36.6 Å². The van der Waals surface area contributed by atoms with E-state index in [1.807, 2.05) is 36.4 Å². The summed E-state index contributed by atoms with van der Waals surface area (Å²) >= 11 is 3.67. The molecule has 7 rings (SSSR count). The summed E-state index contributed by atoms with van der Waals surface area (Å²) in [5.74, 6) is 0. The van der Waals surface area contributed by atoms with Crippen molar-refractivity contribution < 1.29 is 9.52 Å². The summed E-state index contributed by atoms with van der Waals surface area (Å²) in [6.45, 7) is 0. The lowest BCUT2D eigenvalue weighted by Gasteiger charge is -2.28. The molecule has 5 aromatic rings. The van der Waals surface area contributed by atoms with Crippen LogP contribution in [0.15, 0.2) is 147 Å². The molecule has 0 amide bonds. The van der Waals surface area contributed by atoms with Gasteiger partial charge in [-0.1, -0.05) is 91.0 Å². The Morgan fingerprint density at radius 2 is 1.49 bits per heavy atom. The highest BCUT2D eigenvalue weighted by molar-refractivity contribution is 9.10. The highest BCUT2D eigenvalue weighted by Gasteiger charge is 2.26. The van der Waals surface area contributed by atoms with E-state index in [0.717, 1.165) is 61.1 Å². The first kappa shape index (κ1) is 24.0. The Morgan fingerprint density at radius 3 is 2.28 bits per heavy atom. The number of rotatable bonds is 5. The molecule has 4 heteroatoms. The average Bonchev–Trinajstić information content (AvgIpc) is 3.61. The van der Waals surface area contributed by atoms with Gasteiger partial charge in [0.15, 0.2) is 5.58 Å². The Morgan fingerprint density at radius 1 is 0.744 bits per heavy atom. The molecular weight excluding hydrogens is 546 g/mol. The number of para-hydroxylation sites is 2. The van der Waals surface area contributed by atoms with Gasteiger partial charge in [0.2, 0.25) is 0 Å². The van der Waals surface area contributed by atoms with Gasteiger partial charge in [0, 0.05) is 28.6 Å². The van der Waals surface area contributed by atoms with E-state index >= 15 is 0 Å². The molecule has 0 saturated carbocycles. The van der Waals surface area contributed by atoms with Crippen molar-refractivity contribution in [3.63, 3.8) is 0 Å². The smallest absolute Gasteiger partial charge is 0.159 e. The summed E-state index contributed by atoms with van der Waals surface area (Å²) in [6, 6.07) is 31.6. The van der Waals surface area contributed by atoms with Crippen LogP contribution in [-0.4, -0.2) is 11.2 Å². The molecule has 0 fully saturated rings. The number of furan rings is 1. The van der Waals surface area contributed by atoms with Gasteiger partial charge in [-0.25, -0.2) is 0 Å². The molecule has 3 nitrogen and oxygen atoms in total. The van der Waals surface area contributed by atoms with Crippen molar-refractivity contribution >= 4 is 49.2 Å². The zero-order valence-electron chi connectivity index (χ0n) is 21.2. The Balaban J connectivity index is 1.35. The summed E-state index contributed by atoms with van der Waals surface area (Å²) in [6.07, 6.45) is 11.3. The predicted octanol–water partition coefficient (Wildman–Crippen LogP) is 9.61. The van der Waals surface area contributed by atoms with Crippen molar-refractivity contribution in [3.05, 3.63) is 143 Å². The van der Waals surface area contributed by atoms with E-state index in [4.69, 9.17) is 4.42 Å². The van der Waals surface area contributed by atoms with Gasteiger partial charge in [0.25, 0.3) is 0 Å². The number of nitrogens with zero attached hydrogens (tertiary/aromatic N) is 1. The molecule has 0 radical (unpaired) electrons. The number of aliphatic hydroxyl groups excluding tert-OH is 1. The van der Waals surface area contributed by atoms with E-state index in [0.29, 0.717) is 6.42 Å². The van der Waals surface area contributed by atoms with Crippen molar-refractivity contribution in [2.45, 2.75) is 18.9 Å². The minimum absolute atomic E-state index is 0.469. The van der Waals surface area contributed by atoms with Gasteiger partial charge in [0.1, 0.15) is 5.58 Å². The SMILES string of the molecule is OC1CC=CC=C1C1=CC=C(N(c2ccc(-c3ccccc3)cc2)c2cccc3c2oc2c(Br)cccc23)C1. The van der Waals surface area contributed by atoms with Gasteiger partial charge in [-0.3, -0.25) is 0 Å². The largest absolute Gasteiger partial charge is 0.453 e. The van der Waals surface area contributed by atoms with Crippen LogP contribution in [0, 0.1) is 0 Å². The van der Waals surface area contributed by atoms with Gasteiger partial charge in [-0.05, 0) is 75.0 Å². The molecule has 0 saturated heterocycles. The molecule has 0 bridgehead atoms. The van der Waals surface area contributed by atoms with Gasteiger partial charge in [-0.2, -0.15) is 0 Å². The van der Waals surface area contributed by atoms with Crippen LogP contribution < -0.4 is 4.90 Å². The number of benzene rings is 4. The molecule has 4 aromatic carbocycles. The van der Waals surface area contributed by atoms with Gasteiger partial charge >= 0.3 is 0 Å². The molecule has 190 valence electrons. The van der Waals surface area contributed by atoms with Gasteiger partial charge < -0.3 is 14.4 Å². The minimum Gasteiger partial charge on any atom is -0.453 e. The molecule has 2 aliphatic rings. The second kappa shape index (κ2) is 9.88. The zero-order valence-corrected chi connectivity index (χ0v) is 22.8. The first-order valence-corrected chi connectivity index (χ1v) is 14.0. The van der Waals surface area contributed by atoms with Crippen LogP contribution in [0.4, 0.5) is 11.4 Å². The summed E-state index contributed by atoms with van der Waals surface area (Å²) in [5.41, 5.74) is 9.37. The Labute approximate surface area is 235 Å². The zero-order chi connectivity index (χ0) is 26.3. The fraction of sp³-hybridized carbons (Fsp3) is 0.0857. The molecule has 0 spiro atoms. The first-order chi connectivity index (χ1) is 19.2. The van der Waals surface area contributed by atoms with E-state index < -0.39 is 6.10 Å². The van der Waals surface area contributed by atoms with Crippen LogP contribution in [0.5, 0.6) is 0 Å². The van der Waals surface area contributed by atoms with Gasteiger partial charge in [-0.15, -0.1) is 0 Å². The van der Waals surface area contributed by atoms with Gasteiger partial charge in [0.05, 0.1) is 16.3 Å². The van der Waals surface area contributed by atoms with Crippen molar-refractivity contribution in [1.82, 2.24) is 0 Å². The second-order valence-corrected chi connectivity index (χ2v) is 10.8. The predicted molar refractivity (Wildman–Crippen MR) is 164 cm³/mol. The van der Waals surface area contributed by atoms with Crippen LogP contribution in [0.2, 0.25) is 0 Å². The lowest BCUT2D eigenvalue weighted by Crippen LogP contribution is -2.18. The fourth-order valence-electron chi connectivity index (χ4n) is 5.64. The number of allylic oxidation sites excluding steroid dienone is 5. The van der Waals surface area contributed by atoms with Crippen molar-refractivity contribution in [1.29, 1.82) is 0 Å². The maximum Gasteiger partial charge on any atom is 0.159 e. The summed E-state index contributed by atoms with van der Waals surface area (Å²) in [4.78, 5) is 2.29. The number of hydrogen-bond donors (Lipinski definition) is 1. The Kier molecular flexibility index (Phi) is 6.07. The van der Waals surface area contributed by atoms with E-state index in [1.54, 1.807) is 0 Å².